The molecule has 1 amide bonds. The molecule has 5 nitrogen and oxygen atoms in total. The number of rotatable bonds is 5. The van der Waals surface area contributed by atoms with Crippen molar-refractivity contribution < 1.29 is 19.1 Å². The van der Waals surface area contributed by atoms with E-state index in [0.29, 0.717) is 17.3 Å². The number of benzene rings is 1. The summed E-state index contributed by atoms with van der Waals surface area (Å²) in [4.78, 5) is 26.1. The predicted molar refractivity (Wildman–Crippen MR) is 76.6 cm³/mol. The second-order valence-corrected chi connectivity index (χ2v) is 5.41. The third-order valence-electron chi connectivity index (χ3n) is 3.14. The van der Waals surface area contributed by atoms with E-state index in [1.165, 1.54) is 24.3 Å². The fourth-order valence-corrected chi connectivity index (χ4v) is 2.15. The van der Waals surface area contributed by atoms with E-state index in [0.717, 1.165) is 0 Å². The molecule has 1 aromatic carbocycles. The van der Waals surface area contributed by atoms with Crippen LogP contribution in [-0.2, 0) is 4.79 Å². The van der Waals surface area contributed by atoms with Gasteiger partial charge >= 0.3 is 5.97 Å². The van der Waals surface area contributed by atoms with E-state index >= 15 is 0 Å². The van der Waals surface area contributed by atoms with Crippen molar-refractivity contribution in [3.05, 3.63) is 35.8 Å². The van der Waals surface area contributed by atoms with Crippen molar-refractivity contribution in [1.82, 2.24) is 10.3 Å². The maximum absolute atomic E-state index is 13.1. The molecule has 0 bridgehead atoms. The summed E-state index contributed by atoms with van der Waals surface area (Å²) in [7, 11) is 0. The van der Waals surface area contributed by atoms with Crippen LogP contribution in [0.15, 0.2) is 24.3 Å². The van der Waals surface area contributed by atoms with Gasteiger partial charge in [0.2, 0.25) is 0 Å². The number of fused-ring (bicyclic) bond motifs is 1. The fourth-order valence-electron chi connectivity index (χ4n) is 2.15. The van der Waals surface area contributed by atoms with Crippen LogP contribution >= 0.6 is 0 Å². The van der Waals surface area contributed by atoms with E-state index in [4.69, 9.17) is 5.11 Å². The SMILES string of the molecule is CC(C)C[C@H](NC(=O)c1cc2cc(F)ccc2[nH]1)C(=O)O. The van der Waals surface area contributed by atoms with Gasteiger partial charge in [0, 0.05) is 10.9 Å². The second kappa shape index (κ2) is 5.95. The first-order valence-electron chi connectivity index (χ1n) is 6.68. The molecule has 0 saturated heterocycles. The van der Waals surface area contributed by atoms with Gasteiger partial charge < -0.3 is 15.4 Å². The van der Waals surface area contributed by atoms with Crippen LogP contribution < -0.4 is 5.32 Å². The number of hydrogen-bond donors (Lipinski definition) is 3. The van der Waals surface area contributed by atoms with E-state index in [1.807, 2.05) is 13.8 Å². The summed E-state index contributed by atoms with van der Waals surface area (Å²) >= 11 is 0. The summed E-state index contributed by atoms with van der Waals surface area (Å²) in [6.07, 6.45) is 0.343. The molecule has 0 saturated carbocycles. The summed E-state index contributed by atoms with van der Waals surface area (Å²) in [5.41, 5.74) is 0.836. The highest BCUT2D eigenvalue weighted by atomic mass is 19.1. The normalized spacial score (nSPS) is 12.6. The van der Waals surface area contributed by atoms with Crippen molar-refractivity contribution in [3.63, 3.8) is 0 Å². The van der Waals surface area contributed by atoms with Crippen molar-refractivity contribution in [2.24, 2.45) is 5.92 Å². The molecule has 0 aliphatic carbocycles. The van der Waals surface area contributed by atoms with E-state index in [-0.39, 0.29) is 11.6 Å². The van der Waals surface area contributed by atoms with Crippen LogP contribution in [0.2, 0.25) is 0 Å². The summed E-state index contributed by atoms with van der Waals surface area (Å²) in [6, 6.07) is 4.69. The summed E-state index contributed by atoms with van der Waals surface area (Å²) < 4.78 is 13.1. The third kappa shape index (κ3) is 3.59. The van der Waals surface area contributed by atoms with Gasteiger partial charge in [-0.1, -0.05) is 13.8 Å². The first-order chi connectivity index (χ1) is 9.86. The number of aromatic amines is 1. The van der Waals surface area contributed by atoms with Crippen molar-refractivity contribution >= 4 is 22.8 Å². The van der Waals surface area contributed by atoms with E-state index in [1.54, 1.807) is 0 Å². The number of carboxylic acid groups (broad SMARTS) is 1. The molecule has 6 heteroatoms. The Morgan fingerprint density at radius 2 is 2.05 bits per heavy atom. The molecule has 0 aliphatic heterocycles. The molecule has 1 atom stereocenters. The molecule has 0 unspecified atom stereocenters. The Bertz CT molecular complexity index is 679. The number of amides is 1. The van der Waals surface area contributed by atoms with Gasteiger partial charge in [0.25, 0.3) is 5.91 Å². The standard InChI is InChI=1S/C15H17FN2O3/c1-8(2)5-13(15(20)21)18-14(19)12-7-9-6-10(16)3-4-11(9)17-12/h3-4,6-8,13,17H,5H2,1-2H3,(H,18,19)(H,20,21)/t13-/m0/s1. The molecular formula is C15H17FN2O3. The van der Waals surface area contributed by atoms with Gasteiger partial charge in [-0.25, -0.2) is 9.18 Å². The lowest BCUT2D eigenvalue weighted by molar-refractivity contribution is -0.139. The number of nitrogens with one attached hydrogen (secondary N) is 2. The third-order valence-corrected chi connectivity index (χ3v) is 3.14. The number of aliphatic carboxylic acids is 1. The lowest BCUT2D eigenvalue weighted by atomic mass is 10.0. The van der Waals surface area contributed by atoms with Crippen LogP contribution in [0.1, 0.15) is 30.8 Å². The van der Waals surface area contributed by atoms with Crippen LogP contribution in [0, 0.1) is 11.7 Å². The van der Waals surface area contributed by atoms with E-state index in [2.05, 4.69) is 10.3 Å². The largest absolute Gasteiger partial charge is 0.480 e. The van der Waals surface area contributed by atoms with E-state index < -0.39 is 23.7 Å². The van der Waals surface area contributed by atoms with Gasteiger partial charge in [-0.15, -0.1) is 0 Å². The van der Waals surface area contributed by atoms with Gasteiger partial charge in [-0.3, -0.25) is 4.79 Å². The highest BCUT2D eigenvalue weighted by Gasteiger charge is 2.22. The van der Waals surface area contributed by atoms with Crippen molar-refractivity contribution in [2.45, 2.75) is 26.3 Å². The zero-order chi connectivity index (χ0) is 15.6. The number of carbonyl (C=O) groups excluding carboxylic acids is 1. The molecule has 1 aromatic heterocycles. The van der Waals surface area contributed by atoms with Gasteiger partial charge in [0.15, 0.2) is 0 Å². The van der Waals surface area contributed by atoms with Crippen LogP contribution in [0.4, 0.5) is 4.39 Å². The van der Waals surface area contributed by atoms with Crippen LogP contribution in [-0.4, -0.2) is 28.0 Å². The number of halogens is 1. The Balaban J connectivity index is 2.19. The second-order valence-electron chi connectivity index (χ2n) is 5.41. The van der Waals surface area contributed by atoms with Gasteiger partial charge in [-0.2, -0.15) is 0 Å². The summed E-state index contributed by atoms with van der Waals surface area (Å²) in [6.45, 7) is 3.77. The maximum Gasteiger partial charge on any atom is 0.326 e. The quantitative estimate of drug-likeness (QED) is 0.792. The lowest BCUT2D eigenvalue weighted by Gasteiger charge is -2.15. The summed E-state index contributed by atoms with van der Waals surface area (Å²) in [5, 5.41) is 12.2. The smallest absolute Gasteiger partial charge is 0.326 e. The average molecular weight is 292 g/mol. The van der Waals surface area contributed by atoms with Crippen molar-refractivity contribution in [1.29, 1.82) is 0 Å². The van der Waals surface area contributed by atoms with Gasteiger partial charge in [0.05, 0.1) is 0 Å². The maximum atomic E-state index is 13.1. The molecule has 2 aromatic rings. The predicted octanol–water partition coefficient (Wildman–Crippen LogP) is 2.54. The topological polar surface area (TPSA) is 82.2 Å². The molecular weight excluding hydrogens is 275 g/mol. The van der Waals surface area contributed by atoms with Gasteiger partial charge in [-0.05, 0) is 36.6 Å². The Labute approximate surface area is 121 Å². The number of hydrogen-bond acceptors (Lipinski definition) is 2. The fraction of sp³-hybridized carbons (Fsp3) is 0.333. The first kappa shape index (κ1) is 15.0. The number of H-pyrrole nitrogens is 1. The minimum atomic E-state index is -1.07. The Morgan fingerprint density at radius 1 is 1.33 bits per heavy atom. The molecule has 21 heavy (non-hydrogen) atoms. The van der Waals surface area contributed by atoms with Crippen LogP contribution in [0.5, 0.6) is 0 Å². The Morgan fingerprint density at radius 3 is 2.67 bits per heavy atom. The average Bonchev–Trinajstić information content (AvgIpc) is 2.80. The molecule has 1 heterocycles. The summed E-state index contributed by atoms with van der Waals surface area (Å²) in [5.74, 6) is -1.83. The zero-order valence-corrected chi connectivity index (χ0v) is 11.8. The van der Waals surface area contributed by atoms with Gasteiger partial charge in [0.1, 0.15) is 17.6 Å². The molecule has 112 valence electrons. The number of carbonyl (C=O) groups is 2. The van der Waals surface area contributed by atoms with Crippen molar-refractivity contribution in [2.75, 3.05) is 0 Å². The van der Waals surface area contributed by atoms with Crippen LogP contribution in [0.3, 0.4) is 0 Å². The highest BCUT2D eigenvalue weighted by molar-refractivity contribution is 5.99. The highest BCUT2D eigenvalue weighted by Crippen LogP contribution is 2.17. The first-order valence-corrected chi connectivity index (χ1v) is 6.68. The minimum Gasteiger partial charge on any atom is -0.480 e. The molecule has 0 fully saturated rings. The Kier molecular flexibility index (Phi) is 4.26. The van der Waals surface area contributed by atoms with E-state index in [9.17, 15) is 14.0 Å². The Hall–Kier alpha value is -2.37. The molecule has 2 rings (SSSR count). The molecule has 0 aliphatic rings. The van der Waals surface area contributed by atoms with Crippen molar-refractivity contribution in [3.8, 4) is 0 Å². The molecule has 0 spiro atoms. The molecule has 0 radical (unpaired) electrons. The minimum absolute atomic E-state index is 0.142. The number of aromatic nitrogens is 1. The number of carboxylic acids is 1. The molecule has 3 N–H and O–H groups in total. The zero-order valence-electron chi connectivity index (χ0n) is 11.8. The monoisotopic (exact) mass is 292 g/mol. The van der Waals surface area contributed by atoms with Crippen LogP contribution in [0.25, 0.3) is 10.9 Å². The lowest BCUT2D eigenvalue weighted by Crippen LogP contribution is -2.41.